The molecule has 1 unspecified atom stereocenters. The summed E-state index contributed by atoms with van der Waals surface area (Å²) in [5, 5.41) is 1.01. The highest BCUT2D eigenvalue weighted by Crippen LogP contribution is 2.29. The van der Waals surface area contributed by atoms with Crippen molar-refractivity contribution in [2.75, 3.05) is 32.8 Å². The first kappa shape index (κ1) is 26.4. The lowest BCUT2D eigenvalue weighted by molar-refractivity contribution is 0.139. The van der Waals surface area contributed by atoms with E-state index >= 15 is 0 Å². The molecule has 1 atom stereocenters. The molecule has 3 aromatic carbocycles. The minimum atomic E-state index is -3.63. The van der Waals surface area contributed by atoms with Crippen molar-refractivity contribution in [2.24, 2.45) is 0 Å². The quantitative estimate of drug-likeness (QED) is 0.335. The molecule has 1 aromatic heterocycles. The molecule has 5 rings (SSSR count). The van der Waals surface area contributed by atoms with Crippen LogP contribution in [0.3, 0.4) is 0 Å². The number of piperazine rings is 1. The second-order valence-electron chi connectivity index (χ2n) is 9.10. The standard InChI is InChI=1S/C28H29ClN4O4S/c1-3-37-26-11-7-6-10-25(26)33-27(30-24-9-5-4-8-23(24)28(33)34)20(2)31-16-18-32(19-17-31)38(35,36)22-14-12-21(29)13-15-22/h4-15,20H,3,16-19H2,1-2H3. The summed E-state index contributed by atoms with van der Waals surface area (Å²) in [5.74, 6) is 1.18. The Morgan fingerprint density at radius 3 is 2.32 bits per heavy atom. The van der Waals surface area contributed by atoms with Crippen molar-refractivity contribution in [3.63, 3.8) is 0 Å². The van der Waals surface area contributed by atoms with E-state index in [9.17, 15) is 13.2 Å². The summed E-state index contributed by atoms with van der Waals surface area (Å²) >= 11 is 5.94. The fourth-order valence-corrected chi connectivity index (χ4v) is 6.38. The first-order valence-corrected chi connectivity index (χ1v) is 14.4. The zero-order valence-electron chi connectivity index (χ0n) is 21.2. The lowest BCUT2D eigenvalue weighted by Gasteiger charge is -2.37. The van der Waals surface area contributed by atoms with Gasteiger partial charge in [0.05, 0.1) is 34.1 Å². The van der Waals surface area contributed by atoms with E-state index in [-0.39, 0.29) is 16.5 Å². The molecule has 2 heterocycles. The number of fused-ring (bicyclic) bond motifs is 1. The lowest BCUT2D eigenvalue weighted by atomic mass is 10.1. The molecule has 1 saturated heterocycles. The molecule has 0 aliphatic carbocycles. The molecule has 0 spiro atoms. The van der Waals surface area contributed by atoms with Crippen molar-refractivity contribution in [1.29, 1.82) is 0 Å². The van der Waals surface area contributed by atoms with Crippen LogP contribution >= 0.6 is 11.6 Å². The van der Waals surface area contributed by atoms with Crippen molar-refractivity contribution in [1.82, 2.24) is 18.8 Å². The van der Waals surface area contributed by atoms with Crippen molar-refractivity contribution in [3.8, 4) is 11.4 Å². The molecule has 1 fully saturated rings. The minimum Gasteiger partial charge on any atom is -0.492 e. The number of ether oxygens (including phenoxy) is 1. The van der Waals surface area contributed by atoms with Gasteiger partial charge in [-0.1, -0.05) is 35.9 Å². The van der Waals surface area contributed by atoms with Crippen LogP contribution in [0.15, 0.2) is 82.5 Å². The third kappa shape index (κ3) is 4.94. The van der Waals surface area contributed by atoms with Crippen LogP contribution in [0, 0.1) is 0 Å². The fraction of sp³-hybridized carbons (Fsp3) is 0.286. The molecule has 10 heteroatoms. The van der Waals surface area contributed by atoms with Crippen LogP contribution in [0.25, 0.3) is 16.6 Å². The van der Waals surface area contributed by atoms with Crippen molar-refractivity contribution >= 4 is 32.5 Å². The monoisotopic (exact) mass is 552 g/mol. The number of nitrogens with zero attached hydrogens (tertiary/aromatic N) is 4. The van der Waals surface area contributed by atoms with Gasteiger partial charge in [0, 0.05) is 31.2 Å². The van der Waals surface area contributed by atoms with Gasteiger partial charge in [0.25, 0.3) is 5.56 Å². The molecule has 1 aliphatic heterocycles. The summed E-state index contributed by atoms with van der Waals surface area (Å²) in [5.41, 5.74) is 1.07. The zero-order chi connectivity index (χ0) is 26.9. The van der Waals surface area contributed by atoms with Crippen LogP contribution in [-0.2, 0) is 10.0 Å². The van der Waals surface area contributed by atoms with Crippen LogP contribution in [0.4, 0.5) is 0 Å². The Balaban J connectivity index is 1.49. The average Bonchev–Trinajstić information content (AvgIpc) is 2.94. The van der Waals surface area contributed by atoms with Gasteiger partial charge in [0.2, 0.25) is 10.0 Å². The van der Waals surface area contributed by atoms with Gasteiger partial charge in [-0.05, 0) is 62.4 Å². The molecule has 198 valence electrons. The lowest BCUT2D eigenvalue weighted by Crippen LogP contribution is -2.49. The summed E-state index contributed by atoms with van der Waals surface area (Å²) < 4.78 is 35.3. The number of rotatable bonds is 7. The van der Waals surface area contributed by atoms with Gasteiger partial charge in [-0.3, -0.25) is 14.3 Å². The smallest absolute Gasteiger partial charge is 0.266 e. The Bertz CT molecular complexity index is 1610. The van der Waals surface area contributed by atoms with Gasteiger partial charge in [-0.25, -0.2) is 13.4 Å². The second kappa shape index (κ2) is 10.9. The molecular formula is C28H29ClN4O4S. The summed E-state index contributed by atoms with van der Waals surface area (Å²) in [7, 11) is -3.63. The highest BCUT2D eigenvalue weighted by Gasteiger charge is 2.32. The first-order chi connectivity index (χ1) is 18.3. The topological polar surface area (TPSA) is 84.7 Å². The summed E-state index contributed by atoms with van der Waals surface area (Å²) in [6, 6.07) is 20.7. The minimum absolute atomic E-state index is 0.173. The van der Waals surface area contributed by atoms with Gasteiger partial charge in [-0.15, -0.1) is 0 Å². The van der Waals surface area contributed by atoms with Crippen molar-refractivity contribution < 1.29 is 13.2 Å². The Kier molecular flexibility index (Phi) is 7.54. The molecule has 38 heavy (non-hydrogen) atoms. The van der Waals surface area contributed by atoms with Gasteiger partial charge in [0.15, 0.2) is 0 Å². The van der Waals surface area contributed by atoms with Crippen LogP contribution in [-0.4, -0.2) is 60.0 Å². The molecule has 0 bridgehead atoms. The maximum absolute atomic E-state index is 13.8. The van der Waals surface area contributed by atoms with Gasteiger partial charge >= 0.3 is 0 Å². The van der Waals surface area contributed by atoms with E-state index in [2.05, 4.69) is 4.90 Å². The van der Waals surface area contributed by atoms with E-state index < -0.39 is 10.0 Å². The largest absolute Gasteiger partial charge is 0.492 e. The maximum atomic E-state index is 13.8. The number of sulfonamides is 1. The molecule has 0 amide bonds. The van der Waals surface area contributed by atoms with Crippen molar-refractivity contribution in [3.05, 3.63) is 94.0 Å². The van der Waals surface area contributed by atoms with Crippen molar-refractivity contribution in [2.45, 2.75) is 24.8 Å². The second-order valence-corrected chi connectivity index (χ2v) is 11.5. The molecule has 4 aromatic rings. The predicted molar refractivity (Wildman–Crippen MR) is 149 cm³/mol. The maximum Gasteiger partial charge on any atom is 0.266 e. The van der Waals surface area contributed by atoms with E-state index in [1.807, 2.05) is 56.3 Å². The van der Waals surface area contributed by atoms with Gasteiger partial charge < -0.3 is 4.74 Å². The molecule has 8 nitrogen and oxygen atoms in total. The molecule has 0 saturated carbocycles. The summed E-state index contributed by atoms with van der Waals surface area (Å²) in [4.78, 5) is 21.1. The summed E-state index contributed by atoms with van der Waals surface area (Å²) in [6.07, 6.45) is 0. The first-order valence-electron chi connectivity index (χ1n) is 12.5. The number of hydrogen-bond acceptors (Lipinski definition) is 6. The normalized spacial score (nSPS) is 16.0. The zero-order valence-corrected chi connectivity index (χ0v) is 22.8. The Labute approximate surface area is 227 Å². The van der Waals surface area contributed by atoms with Crippen LogP contribution in [0.5, 0.6) is 5.75 Å². The average molecular weight is 553 g/mol. The third-order valence-corrected chi connectivity index (χ3v) is 9.02. The fourth-order valence-electron chi connectivity index (χ4n) is 4.83. The van der Waals surface area contributed by atoms with E-state index in [0.29, 0.717) is 66.0 Å². The highest BCUT2D eigenvalue weighted by atomic mass is 35.5. The third-order valence-electron chi connectivity index (χ3n) is 6.85. The highest BCUT2D eigenvalue weighted by molar-refractivity contribution is 7.89. The van der Waals surface area contributed by atoms with E-state index in [1.54, 1.807) is 22.8 Å². The van der Waals surface area contributed by atoms with E-state index in [4.69, 9.17) is 21.3 Å². The molecule has 0 radical (unpaired) electrons. The summed E-state index contributed by atoms with van der Waals surface area (Å²) in [6.45, 7) is 5.99. The van der Waals surface area contributed by atoms with E-state index in [1.165, 1.54) is 16.4 Å². The molecule has 0 N–H and O–H groups in total. The van der Waals surface area contributed by atoms with Gasteiger partial charge in [-0.2, -0.15) is 4.31 Å². The predicted octanol–water partition coefficient (Wildman–Crippen LogP) is 4.51. The Morgan fingerprint density at radius 2 is 1.61 bits per heavy atom. The van der Waals surface area contributed by atoms with Crippen LogP contribution in [0.1, 0.15) is 25.7 Å². The Hall–Kier alpha value is -3.24. The number of para-hydroxylation sites is 3. The SMILES string of the molecule is CCOc1ccccc1-n1c(C(C)N2CCN(S(=O)(=O)c3ccc(Cl)cc3)CC2)nc2ccccc2c1=O. The van der Waals surface area contributed by atoms with Gasteiger partial charge in [0.1, 0.15) is 11.6 Å². The van der Waals surface area contributed by atoms with Crippen LogP contribution < -0.4 is 10.3 Å². The van der Waals surface area contributed by atoms with E-state index in [0.717, 1.165) is 0 Å². The number of benzene rings is 3. The Morgan fingerprint density at radius 1 is 0.947 bits per heavy atom. The van der Waals surface area contributed by atoms with Crippen LogP contribution in [0.2, 0.25) is 5.02 Å². The molecule has 1 aliphatic rings. The number of aromatic nitrogens is 2. The number of halogens is 1. The number of hydrogen-bond donors (Lipinski definition) is 0. The molecular weight excluding hydrogens is 524 g/mol.